The van der Waals surface area contributed by atoms with Crippen LogP contribution >= 0.6 is 0 Å². The number of allylic oxidation sites excluding steroid dienone is 2. The zero-order chi connectivity index (χ0) is 15.3. The van der Waals surface area contributed by atoms with Gasteiger partial charge in [-0.1, -0.05) is 24.3 Å². The van der Waals surface area contributed by atoms with Crippen molar-refractivity contribution in [2.24, 2.45) is 0 Å². The Morgan fingerprint density at radius 1 is 0.636 bits per heavy atom. The van der Waals surface area contributed by atoms with Crippen LogP contribution in [0.1, 0.15) is 0 Å². The summed E-state index contributed by atoms with van der Waals surface area (Å²) in [5, 5.41) is 3.44. The molecule has 1 N–H and O–H groups in total. The molecule has 0 amide bonds. The lowest BCUT2D eigenvalue weighted by molar-refractivity contribution is -0.0220. The monoisotopic (exact) mass is 313 g/mol. The lowest BCUT2D eigenvalue weighted by Gasteiger charge is -2.25. The number of hydrogen-bond acceptors (Lipinski definition) is 6. The highest BCUT2D eigenvalue weighted by Gasteiger charge is 2.18. The highest BCUT2D eigenvalue weighted by atomic mass is 16.6. The molecule has 1 fully saturated rings. The quantitative estimate of drug-likeness (QED) is 0.704. The molecule has 2 unspecified atom stereocenters. The van der Waals surface area contributed by atoms with Crippen LogP contribution in [0, 0.1) is 0 Å². The van der Waals surface area contributed by atoms with Crippen molar-refractivity contribution in [2.45, 2.75) is 12.1 Å². The largest absolute Gasteiger partial charge is 0.378 e. The minimum absolute atomic E-state index is 0.0343. The van der Waals surface area contributed by atoms with Gasteiger partial charge in [-0.25, -0.2) is 0 Å². The third-order valence-electron chi connectivity index (χ3n) is 3.36. The Hall–Kier alpha value is -0.760. The minimum atomic E-state index is 0.0343. The van der Waals surface area contributed by atoms with Crippen molar-refractivity contribution in [1.29, 1.82) is 0 Å². The molecule has 126 valence electrons. The second-order valence-electron chi connectivity index (χ2n) is 5.03. The fraction of sp³-hybridized carbons (Fsp3) is 0.750. The number of ether oxygens (including phenoxy) is 5. The van der Waals surface area contributed by atoms with Crippen LogP contribution in [0.15, 0.2) is 24.3 Å². The van der Waals surface area contributed by atoms with E-state index in [0.717, 1.165) is 6.54 Å². The standard InChI is InChI=1S/C16H27NO5/c1-2-4-16-15(3-1)17-5-6-18-7-8-19-9-10-20-11-12-21-13-14-22-16/h1-4,15-17H,5-14H2. The van der Waals surface area contributed by atoms with E-state index in [1.807, 2.05) is 12.2 Å². The maximum atomic E-state index is 5.86. The second-order valence-corrected chi connectivity index (χ2v) is 5.03. The molecule has 1 saturated heterocycles. The highest BCUT2D eigenvalue weighted by molar-refractivity contribution is 5.18. The van der Waals surface area contributed by atoms with Crippen molar-refractivity contribution in [2.75, 3.05) is 66.0 Å². The van der Waals surface area contributed by atoms with E-state index in [9.17, 15) is 0 Å². The van der Waals surface area contributed by atoms with Gasteiger partial charge >= 0.3 is 0 Å². The number of hydrogen-bond donors (Lipinski definition) is 1. The van der Waals surface area contributed by atoms with E-state index in [1.165, 1.54) is 0 Å². The maximum Gasteiger partial charge on any atom is 0.0948 e. The predicted molar refractivity (Wildman–Crippen MR) is 83.1 cm³/mol. The first-order valence-corrected chi connectivity index (χ1v) is 7.98. The fourth-order valence-electron chi connectivity index (χ4n) is 2.23. The van der Waals surface area contributed by atoms with E-state index in [1.54, 1.807) is 0 Å². The summed E-state index contributed by atoms with van der Waals surface area (Å²) in [6.07, 6.45) is 8.25. The number of nitrogens with one attached hydrogen (secondary N) is 1. The van der Waals surface area contributed by atoms with Crippen molar-refractivity contribution >= 4 is 0 Å². The Bertz CT molecular complexity index is 302. The summed E-state index contributed by atoms with van der Waals surface area (Å²) in [6.45, 7) is 6.11. The normalized spacial score (nSPS) is 30.2. The van der Waals surface area contributed by atoms with Crippen LogP contribution in [0.5, 0.6) is 0 Å². The van der Waals surface area contributed by atoms with Gasteiger partial charge in [0.25, 0.3) is 0 Å². The molecule has 2 rings (SSSR count). The second kappa shape index (κ2) is 11.8. The Balaban J connectivity index is 1.71. The van der Waals surface area contributed by atoms with Gasteiger partial charge < -0.3 is 29.0 Å². The van der Waals surface area contributed by atoms with Crippen molar-refractivity contribution in [1.82, 2.24) is 5.32 Å². The first kappa shape index (κ1) is 17.6. The van der Waals surface area contributed by atoms with E-state index < -0.39 is 0 Å². The molecule has 22 heavy (non-hydrogen) atoms. The van der Waals surface area contributed by atoms with Gasteiger partial charge in [0.15, 0.2) is 0 Å². The molecule has 2 atom stereocenters. The van der Waals surface area contributed by atoms with Crippen molar-refractivity contribution in [3.8, 4) is 0 Å². The maximum absolute atomic E-state index is 5.86. The highest BCUT2D eigenvalue weighted by Crippen LogP contribution is 2.09. The van der Waals surface area contributed by atoms with E-state index >= 15 is 0 Å². The van der Waals surface area contributed by atoms with Gasteiger partial charge in [0.05, 0.1) is 71.6 Å². The molecule has 0 spiro atoms. The first-order chi connectivity index (χ1) is 11.0. The van der Waals surface area contributed by atoms with Gasteiger partial charge in [0.2, 0.25) is 0 Å². The van der Waals surface area contributed by atoms with Gasteiger partial charge in [-0.15, -0.1) is 0 Å². The molecule has 1 aliphatic carbocycles. The topological polar surface area (TPSA) is 58.2 Å². The summed E-state index contributed by atoms with van der Waals surface area (Å²) in [6, 6.07) is 0.173. The van der Waals surface area contributed by atoms with Gasteiger partial charge in [0.1, 0.15) is 0 Å². The Labute approximate surface area is 132 Å². The molecule has 0 bridgehead atoms. The summed E-state index contributed by atoms with van der Waals surface area (Å²) in [5.74, 6) is 0. The molecule has 1 heterocycles. The van der Waals surface area contributed by atoms with Crippen LogP contribution in [-0.4, -0.2) is 78.2 Å². The molecular weight excluding hydrogens is 286 g/mol. The molecule has 6 nitrogen and oxygen atoms in total. The lowest BCUT2D eigenvalue weighted by atomic mass is 10.1. The SMILES string of the molecule is C1=CC2NCCOCCOCCOCCOCCOC2C=C1. The van der Waals surface area contributed by atoms with Crippen LogP contribution in [0.3, 0.4) is 0 Å². The summed E-state index contributed by atoms with van der Waals surface area (Å²) < 4.78 is 27.7. The van der Waals surface area contributed by atoms with Gasteiger partial charge in [-0.3, -0.25) is 0 Å². The van der Waals surface area contributed by atoms with E-state index in [2.05, 4.69) is 17.5 Å². The van der Waals surface area contributed by atoms with Gasteiger partial charge in [-0.2, -0.15) is 0 Å². The smallest absolute Gasteiger partial charge is 0.0948 e. The summed E-state index contributed by atoms with van der Waals surface area (Å²) in [7, 11) is 0. The van der Waals surface area contributed by atoms with E-state index in [4.69, 9.17) is 23.7 Å². The lowest BCUT2D eigenvalue weighted by Crippen LogP contribution is -2.42. The van der Waals surface area contributed by atoms with Gasteiger partial charge in [-0.05, 0) is 0 Å². The summed E-state index contributed by atoms with van der Waals surface area (Å²) >= 11 is 0. The Morgan fingerprint density at radius 3 is 1.86 bits per heavy atom. The van der Waals surface area contributed by atoms with Crippen LogP contribution in [-0.2, 0) is 23.7 Å². The molecular formula is C16H27NO5. The van der Waals surface area contributed by atoms with E-state index in [-0.39, 0.29) is 12.1 Å². The average Bonchev–Trinajstić information content (AvgIpc) is 2.55. The van der Waals surface area contributed by atoms with Crippen molar-refractivity contribution in [3.63, 3.8) is 0 Å². The predicted octanol–water partition coefficient (Wildman–Crippen LogP) is 0.536. The number of fused-ring (bicyclic) bond motifs is 1. The van der Waals surface area contributed by atoms with Crippen LogP contribution in [0.25, 0.3) is 0 Å². The van der Waals surface area contributed by atoms with Crippen LogP contribution in [0.2, 0.25) is 0 Å². The van der Waals surface area contributed by atoms with Crippen LogP contribution < -0.4 is 5.32 Å². The molecule has 6 heteroatoms. The first-order valence-electron chi connectivity index (χ1n) is 7.98. The molecule has 0 radical (unpaired) electrons. The molecule has 0 aromatic carbocycles. The Morgan fingerprint density at radius 2 is 1.18 bits per heavy atom. The molecule has 1 aliphatic heterocycles. The van der Waals surface area contributed by atoms with Gasteiger partial charge in [0, 0.05) is 6.54 Å². The Kier molecular flexibility index (Phi) is 9.40. The molecule has 2 aliphatic rings. The summed E-state index contributed by atoms with van der Waals surface area (Å²) in [4.78, 5) is 0. The molecule has 0 aromatic heterocycles. The van der Waals surface area contributed by atoms with Crippen molar-refractivity contribution in [3.05, 3.63) is 24.3 Å². The third-order valence-corrected chi connectivity index (χ3v) is 3.36. The zero-order valence-corrected chi connectivity index (χ0v) is 13.1. The molecule has 0 aromatic rings. The zero-order valence-electron chi connectivity index (χ0n) is 13.1. The minimum Gasteiger partial charge on any atom is -0.378 e. The third kappa shape index (κ3) is 7.49. The fourth-order valence-corrected chi connectivity index (χ4v) is 2.23. The average molecular weight is 313 g/mol. The summed E-state index contributed by atoms with van der Waals surface area (Å²) in [5.41, 5.74) is 0. The molecule has 0 saturated carbocycles. The van der Waals surface area contributed by atoms with Crippen molar-refractivity contribution < 1.29 is 23.7 Å². The van der Waals surface area contributed by atoms with E-state index in [0.29, 0.717) is 59.5 Å². The number of rotatable bonds is 0. The van der Waals surface area contributed by atoms with Crippen LogP contribution in [0.4, 0.5) is 0 Å².